The summed E-state index contributed by atoms with van der Waals surface area (Å²) in [7, 11) is -3.75. The number of hydrogen-bond donors (Lipinski definition) is 1. The highest BCUT2D eigenvalue weighted by molar-refractivity contribution is 7.92. The van der Waals surface area contributed by atoms with Crippen LogP contribution in [-0.2, 0) is 26.2 Å². The van der Waals surface area contributed by atoms with Gasteiger partial charge in [-0.15, -0.1) is 0 Å². The minimum atomic E-state index is -3.75. The molecule has 9 heteroatoms. The van der Waals surface area contributed by atoms with Gasteiger partial charge in [-0.1, -0.05) is 42.8 Å². The van der Waals surface area contributed by atoms with Gasteiger partial charge < -0.3 is 10.2 Å². The molecule has 2 aromatic carbocycles. The SMILES string of the molecule is CC[C@H](C)NC(=O)[C@H](C)N(Cc1cccc(Cl)c1)C(=O)CN(c1cccc(C)c1)S(C)(=O)=O. The van der Waals surface area contributed by atoms with E-state index in [9.17, 15) is 18.0 Å². The van der Waals surface area contributed by atoms with E-state index in [-0.39, 0.29) is 18.5 Å². The Bertz CT molecular complexity index is 1090. The maximum absolute atomic E-state index is 13.5. The molecule has 2 amide bonds. The van der Waals surface area contributed by atoms with E-state index >= 15 is 0 Å². The molecule has 0 saturated heterocycles. The van der Waals surface area contributed by atoms with Crippen molar-refractivity contribution < 1.29 is 18.0 Å². The molecule has 0 aliphatic rings. The van der Waals surface area contributed by atoms with Gasteiger partial charge in [0.2, 0.25) is 21.8 Å². The zero-order valence-corrected chi connectivity index (χ0v) is 21.3. The van der Waals surface area contributed by atoms with Gasteiger partial charge >= 0.3 is 0 Å². The molecule has 33 heavy (non-hydrogen) atoms. The lowest BCUT2D eigenvalue weighted by molar-refractivity contribution is -0.139. The summed E-state index contributed by atoms with van der Waals surface area (Å²) in [5.74, 6) is -0.796. The van der Waals surface area contributed by atoms with E-state index < -0.39 is 28.5 Å². The van der Waals surface area contributed by atoms with Gasteiger partial charge in [0.05, 0.1) is 11.9 Å². The number of nitrogens with zero attached hydrogens (tertiary/aromatic N) is 2. The smallest absolute Gasteiger partial charge is 0.244 e. The summed E-state index contributed by atoms with van der Waals surface area (Å²) in [6, 6.07) is 13.1. The Hall–Kier alpha value is -2.58. The zero-order chi connectivity index (χ0) is 24.8. The van der Waals surface area contributed by atoms with E-state index in [1.54, 1.807) is 49.4 Å². The van der Waals surface area contributed by atoms with Crippen molar-refractivity contribution in [3.63, 3.8) is 0 Å². The Kier molecular flexibility index (Phi) is 9.31. The zero-order valence-electron chi connectivity index (χ0n) is 19.7. The lowest BCUT2D eigenvalue weighted by atomic mass is 10.1. The summed E-state index contributed by atoms with van der Waals surface area (Å²) in [4.78, 5) is 27.7. The van der Waals surface area contributed by atoms with Crippen LogP contribution >= 0.6 is 11.6 Å². The summed E-state index contributed by atoms with van der Waals surface area (Å²) in [6.45, 7) is 7.01. The molecule has 0 aliphatic carbocycles. The molecule has 2 atom stereocenters. The average molecular weight is 494 g/mol. The molecule has 7 nitrogen and oxygen atoms in total. The Labute approximate surface area is 201 Å². The average Bonchev–Trinajstić information content (AvgIpc) is 2.74. The minimum absolute atomic E-state index is 0.0529. The van der Waals surface area contributed by atoms with Crippen LogP contribution in [0, 0.1) is 6.92 Å². The fourth-order valence-electron chi connectivity index (χ4n) is 3.28. The monoisotopic (exact) mass is 493 g/mol. The second-order valence-corrected chi connectivity index (χ2v) is 10.6. The van der Waals surface area contributed by atoms with Crippen LogP contribution in [0.15, 0.2) is 48.5 Å². The van der Waals surface area contributed by atoms with Gasteiger partial charge in [-0.2, -0.15) is 0 Å². The van der Waals surface area contributed by atoms with Gasteiger partial charge in [0.15, 0.2) is 0 Å². The van der Waals surface area contributed by atoms with E-state index in [1.165, 1.54) is 4.90 Å². The third-order valence-corrected chi connectivity index (χ3v) is 6.75. The molecule has 0 unspecified atom stereocenters. The number of carbonyl (C=O) groups excluding carboxylic acids is 2. The molecule has 0 saturated carbocycles. The van der Waals surface area contributed by atoms with E-state index in [2.05, 4.69) is 5.32 Å². The standard InChI is InChI=1S/C24H32ClN3O4S/c1-6-18(3)26-24(30)19(4)27(15-20-10-8-11-21(25)14-20)23(29)16-28(33(5,31)32)22-12-7-9-17(2)13-22/h7-14,18-19H,6,15-16H2,1-5H3,(H,26,30)/t18-,19-/m0/s1. The number of amides is 2. The largest absolute Gasteiger partial charge is 0.352 e. The molecule has 2 aromatic rings. The molecule has 2 rings (SSSR count). The summed E-state index contributed by atoms with van der Waals surface area (Å²) in [5.41, 5.74) is 2.00. The van der Waals surface area contributed by atoms with Gasteiger partial charge in [-0.3, -0.25) is 13.9 Å². The first kappa shape index (κ1) is 26.7. The van der Waals surface area contributed by atoms with Crippen LogP contribution in [-0.4, -0.2) is 50.0 Å². The number of anilines is 1. The molecule has 0 radical (unpaired) electrons. The molecule has 0 heterocycles. The third kappa shape index (κ3) is 7.75. The number of halogens is 1. The number of aryl methyl sites for hydroxylation is 1. The number of hydrogen-bond acceptors (Lipinski definition) is 4. The normalized spacial score (nSPS) is 13.2. The molecule has 0 aliphatic heterocycles. The second kappa shape index (κ2) is 11.5. The van der Waals surface area contributed by atoms with E-state index in [0.717, 1.165) is 28.1 Å². The quantitative estimate of drug-likeness (QED) is 0.546. The van der Waals surface area contributed by atoms with Crippen molar-refractivity contribution >= 4 is 39.1 Å². The van der Waals surface area contributed by atoms with Crippen LogP contribution in [0.3, 0.4) is 0 Å². The molecule has 0 aromatic heterocycles. The Morgan fingerprint density at radius 1 is 1.09 bits per heavy atom. The second-order valence-electron chi connectivity index (χ2n) is 8.25. The van der Waals surface area contributed by atoms with Crippen LogP contribution in [0.1, 0.15) is 38.3 Å². The maximum atomic E-state index is 13.5. The van der Waals surface area contributed by atoms with Crippen molar-refractivity contribution in [3.05, 3.63) is 64.7 Å². The molecule has 180 valence electrons. The first-order valence-electron chi connectivity index (χ1n) is 10.8. The molecular formula is C24H32ClN3O4S. The van der Waals surface area contributed by atoms with E-state index in [0.29, 0.717) is 10.7 Å². The number of nitrogens with one attached hydrogen (secondary N) is 1. The molecular weight excluding hydrogens is 462 g/mol. The Balaban J connectivity index is 2.38. The summed E-state index contributed by atoms with van der Waals surface area (Å²) >= 11 is 6.11. The number of benzene rings is 2. The van der Waals surface area contributed by atoms with Crippen LogP contribution in [0.5, 0.6) is 0 Å². The highest BCUT2D eigenvalue weighted by Crippen LogP contribution is 2.21. The summed E-state index contributed by atoms with van der Waals surface area (Å²) < 4.78 is 26.2. The van der Waals surface area contributed by atoms with Crippen molar-refractivity contribution in [2.24, 2.45) is 0 Å². The van der Waals surface area contributed by atoms with Gasteiger partial charge in [-0.25, -0.2) is 8.42 Å². The molecule has 0 spiro atoms. The lowest BCUT2D eigenvalue weighted by Crippen LogP contribution is -2.52. The van der Waals surface area contributed by atoms with Gasteiger partial charge in [0.25, 0.3) is 0 Å². The van der Waals surface area contributed by atoms with Crippen molar-refractivity contribution in [1.29, 1.82) is 0 Å². The predicted molar refractivity (Wildman–Crippen MR) is 133 cm³/mol. The predicted octanol–water partition coefficient (Wildman–Crippen LogP) is 3.75. The van der Waals surface area contributed by atoms with Crippen molar-refractivity contribution in [2.75, 3.05) is 17.1 Å². The number of carbonyl (C=O) groups is 2. The summed E-state index contributed by atoms with van der Waals surface area (Å²) in [5, 5.41) is 3.40. The lowest BCUT2D eigenvalue weighted by Gasteiger charge is -2.32. The highest BCUT2D eigenvalue weighted by Gasteiger charge is 2.30. The van der Waals surface area contributed by atoms with Crippen LogP contribution < -0.4 is 9.62 Å². The van der Waals surface area contributed by atoms with Crippen molar-refractivity contribution in [3.8, 4) is 0 Å². The number of sulfonamides is 1. The Morgan fingerprint density at radius 3 is 2.33 bits per heavy atom. The topological polar surface area (TPSA) is 86.8 Å². The molecule has 0 fully saturated rings. The molecule has 1 N–H and O–H groups in total. The maximum Gasteiger partial charge on any atom is 0.244 e. The fraction of sp³-hybridized carbons (Fsp3) is 0.417. The summed E-state index contributed by atoms with van der Waals surface area (Å²) in [6.07, 6.45) is 1.80. The van der Waals surface area contributed by atoms with Crippen molar-refractivity contribution in [2.45, 2.75) is 52.7 Å². The van der Waals surface area contributed by atoms with E-state index in [4.69, 9.17) is 11.6 Å². The fourth-order valence-corrected chi connectivity index (χ4v) is 4.33. The van der Waals surface area contributed by atoms with E-state index in [1.807, 2.05) is 26.8 Å². The first-order valence-corrected chi connectivity index (χ1v) is 13.0. The first-order chi connectivity index (χ1) is 15.4. The highest BCUT2D eigenvalue weighted by atomic mass is 35.5. The van der Waals surface area contributed by atoms with Crippen LogP contribution in [0.2, 0.25) is 5.02 Å². The Morgan fingerprint density at radius 2 is 1.76 bits per heavy atom. The van der Waals surface area contributed by atoms with Gasteiger partial charge in [0.1, 0.15) is 12.6 Å². The third-order valence-electron chi connectivity index (χ3n) is 5.38. The van der Waals surface area contributed by atoms with Gasteiger partial charge in [-0.05, 0) is 62.6 Å². The van der Waals surface area contributed by atoms with Crippen LogP contribution in [0.4, 0.5) is 5.69 Å². The molecule has 0 bridgehead atoms. The van der Waals surface area contributed by atoms with Gasteiger partial charge in [0, 0.05) is 17.6 Å². The van der Waals surface area contributed by atoms with Crippen molar-refractivity contribution in [1.82, 2.24) is 10.2 Å². The van der Waals surface area contributed by atoms with Crippen LogP contribution in [0.25, 0.3) is 0 Å². The minimum Gasteiger partial charge on any atom is -0.352 e. The number of rotatable bonds is 10.